The maximum absolute atomic E-state index is 12.6. The molecule has 3 heterocycles. The molecule has 0 unspecified atom stereocenters. The number of carbonyl (C=O) groups excluding carboxylic acids is 1. The van der Waals surface area contributed by atoms with Crippen molar-refractivity contribution in [2.45, 2.75) is 25.8 Å². The molecule has 1 aliphatic rings. The van der Waals surface area contributed by atoms with E-state index in [0.29, 0.717) is 17.7 Å². The van der Waals surface area contributed by atoms with Gasteiger partial charge < -0.3 is 10.2 Å². The first-order chi connectivity index (χ1) is 13.2. The van der Waals surface area contributed by atoms with E-state index in [-0.39, 0.29) is 5.91 Å². The fraction of sp³-hybridized carbons (Fsp3) is 0.316. The minimum absolute atomic E-state index is 0.0260. The number of carbonyl (C=O) groups is 1. The molecular weight excluding hydrogens is 378 g/mol. The standard InChI is InChI=1S/C19H21N5OS2/c25-17(20-14-6-1-2-7-15(14)23-10-3-4-11-23)9-12-24-18(21-22-19(24)26)16-8-5-13-27-16/h1-2,5-8,13H,3-4,9-12H2,(H,20,25)(H,22,26). The van der Waals surface area contributed by atoms with E-state index >= 15 is 0 Å². The fourth-order valence-corrected chi connectivity index (χ4v) is 4.30. The van der Waals surface area contributed by atoms with Gasteiger partial charge >= 0.3 is 0 Å². The van der Waals surface area contributed by atoms with E-state index in [4.69, 9.17) is 12.2 Å². The molecule has 8 heteroatoms. The van der Waals surface area contributed by atoms with Crippen LogP contribution in [0, 0.1) is 4.77 Å². The third-order valence-electron chi connectivity index (χ3n) is 4.69. The molecular formula is C19H21N5OS2. The van der Waals surface area contributed by atoms with Gasteiger partial charge in [0.2, 0.25) is 5.91 Å². The van der Waals surface area contributed by atoms with Gasteiger partial charge in [0.25, 0.3) is 0 Å². The van der Waals surface area contributed by atoms with Crippen LogP contribution < -0.4 is 10.2 Å². The van der Waals surface area contributed by atoms with Gasteiger partial charge in [0.05, 0.1) is 16.3 Å². The van der Waals surface area contributed by atoms with Gasteiger partial charge in [0.1, 0.15) is 0 Å². The number of anilines is 2. The molecule has 6 nitrogen and oxygen atoms in total. The Morgan fingerprint density at radius 3 is 2.81 bits per heavy atom. The molecule has 2 N–H and O–H groups in total. The Hall–Kier alpha value is -2.45. The molecule has 1 fully saturated rings. The van der Waals surface area contributed by atoms with Crippen LogP contribution in [0.2, 0.25) is 0 Å². The van der Waals surface area contributed by atoms with Gasteiger partial charge in [-0.2, -0.15) is 5.10 Å². The van der Waals surface area contributed by atoms with Crippen LogP contribution in [-0.4, -0.2) is 33.8 Å². The number of hydrogen-bond donors (Lipinski definition) is 2. The highest BCUT2D eigenvalue weighted by Crippen LogP contribution is 2.29. The summed E-state index contributed by atoms with van der Waals surface area (Å²) in [5.74, 6) is 0.752. The molecule has 1 saturated heterocycles. The SMILES string of the molecule is O=C(CCn1c(-c2cccs2)n[nH]c1=S)Nc1ccccc1N1CCCC1. The predicted molar refractivity (Wildman–Crippen MR) is 112 cm³/mol. The van der Waals surface area contributed by atoms with Crippen LogP contribution in [0.25, 0.3) is 10.7 Å². The first-order valence-electron chi connectivity index (χ1n) is 9.05. The Labute approximate surface area is 166 Å². The zero-order valence-electron chi connectivity index (χ0n) is 14.9. The van der Waals surface area contributed by atoms with E-state index in [1.807, 2.05) is 40.3 Å². The molecule has 3 aromatic rings. The lowest BCUT2D eigenvalue weighted by Gasteiger charge is -2.21. The second-order valence-electron chi connectivity index (χ2n) is 6.49. The molecule has 27 heavy (non-hydrogen) atoms. The molecule has 1 aliphatic heterocycles. The minimum Gasteiger partial charge on any atom is -0.370 e. The highest BCUT2D eigenvalue weighted by Gasteiger charge is 2.17. The molecule has 0 spiro atoms. The molecule has 4 rings (SSSR count). The van der Waals surface area contributed by atoms with E-state index in [1.54, 1.807) is 11.3 Å². The van der Waals surface area contributed by atoms with Gasteiger partial charge in [-0.1, -0.05) is 18.2 Å². The topological polar surface area (TPSA) is 66.0 Å². The maximum Gasteiger partial charge on any atom is 0.226 e. The zero-order chi connectivity index (χ0) is 18.6. The fourth-order valence-electron chi connectivity index (χ4n) is 3.36. The van der Waals surface area contributed by atoms with Crippen molar-refractivity contribution in [3.8, 4) is 10.7 Å². The summed E-state index contributed by atoms with van der Waals surface area (Å²) >= 11 is 6.93. The average Bonchev–Trinajstić information content (AvgIpc) is 3.43. The number of benzene rings is 1. The zero-order valence-corrected chi connectivity index (χ0v) is 16.5. The Morgan fingerprint density at radius 1 is 1.22 bits per heavy atom. The molecule has 0 radical (unpaired) electrons. The first-order valence-corrected chi connectivity index (χ1v) is 10.3. The quantitative estimate of drug-likeness (QED) is 0.607. The summed E-state index contributed by atoms with van der Waals surface area (Å²) in [6, 6.07) is 12.0. The summed E-state index contributed by atoms with van der Waals surface area (Å²) in [6.45, 7) is 2.57. The lowest BCUT2D eigenvalue weighted by Crippen LogP contribution is -2.21. The van der Waals surface area contributed by atoms with Crippen molar-refractivity contribution in [2.24, 2.45) is 0 Å². The number of hydrogen-bond acceptors (Lipinski definition) is 5. The average molecular weight is 400 g/mol. The van der Waals surface area contributed by atoms with Crippen molar-refractivity contribution in [3.05, 3.63) is 46.5 Å². The Balaban J connectivity index is 1.45. The molecule has 0 atom stereocenters. The van der Waals surface area contributed by atoms with Crippen LogP contribution in [0.15, 0.2) is 41.8 Å². The Bertz CT molecular complexity index is 970. The van der Waals surface area contributed by atoms with E-state index in [1.165, 1.54) is 12.8 Å². The maximum atomic E-state index is 12.6. The van der Waals surface area contributed by atoms with Gasteiger partial charge in [0, 0.05) is 26.1 Å². The number of para-hydroxylation sites is 2. The second-order valence-corrected chi connectivity index (χ2v) is 7.83. The van der Waals surface area contributed by atoms with Gasteiger partial charge in [-0.25, -0.2) is 0 Å². The highest BCUT2D eigenvalue weighted by molar-refractivity contribution is 7.71. The molecule has 0 saturated carbocycles. The molecule has 140 valence electrons. The normalized spacial score (nSPS) is 13.9. The van der Waals surface area contributed by atoms with Crippen LogP contribution in [-0.2, 0) is 11.3 Å². The Kier molecular flexibility index (Phi) is 5.35. The number of aromatic amines is 1. The van der Waals surface area contributed by atoms with Crippen LogP contribution in [0.3, 0.4) is 0 Å². The number of nitrogens with one attached hydrogen (secondary N) is 2. The smallest absolute Gasteiger partial charge is 0.226 e. The number of nitrogens with zero attached hydrogens (tertiary/aromatic N) is 3. The van der Waals surface area contributed by atoms with Crippen molar-refractivity contribution in [1.82, 2.24) is 14.8 Å². The lowest BCUT2D eigenvalue weighted by atomic mass is 10.2. The van der Waals surface area contributed by atoms with Crippen molar-refractivity contribution < 1.29 is 4.79 Å². The van der Waals surface area contributed by atoms with E-state index < -0.39 is 0 Å². The van der Waals surface area contributed by atoms with Crippen molar-refractivity contribution in [2.75, 3.05) is 23.3 Å². The molecule has 2 aromatic heterocycles. The van der Waals surface area contributed by atoms with Crippen LogP contribution in [0.5, 0.6) is 0 Å². The number of amides is 1. The van der Waals surface area contributed by atoms with Gasteiger partial charge in [0.15, 0.2) is 10.6 Å². The van der Waals surface area contributed by atoms with Gasteiger partial charge in [-0.3, -0.25) is 14.5 Å². The van der Waals surface area contributed by atoms with Crippen molar-refractivity contribution >= 4 is 40.8 Å². The summed E-state index contributed by atoms with van der Waals surface area (Å²) in [7, 11) is 0. The molecule has 0 aliphatic carbocycles. The van der Waals surface area contributed by atoms with Crippen molar-refractivity contribution in [3.63, 3.8) is 0 Å². The number of thiophene rings is 1. The summed E-state index contributed by atoms with van der Waals surface area (Å²) < 4.78 is 2.41. The first kappa shape index (κ1) is 17.9. The third-order valence-corrected chi connectivity index (χ3v) is 5.86. The summed E-state index contributed by atoms with van der Waals surface area (Å²) in [4.78, 5) is 15.9. The van der Waals surface area contributed by atoms with E-state index in [9.17, 15) is 4.79 Å². The predicted octanol–water partition coefficient (Wildman–Crippen LogP) is 4.30. The van der Waals surface area contributed by atoms with Crippen LogP contribution >= 0.6 is 23.6 Å². The monoisotopic (exact) mass is 399 g/mol. The lowest BCUT2D eigenvalue weighted by molar-refractivity contribution is -0.116. The van der Waals surface area contributed by atoms with Crippen LogP contribution in [0.1, 0.15) is 19.3 Å². The van der Waals surface area contributed by atoms with Crippen LogP contribution in [0.4, 0.5) is 11.4 Å². The van der Waals surface area contributed by atoms with E-state index in [0.717, 1.165) is 35.2 Å². The molecule has 1 aromatic carbocycles. The minimum atomic E-state index is -0.0260. The third kappa shape index (κ3) is 3.96. The van der Waals surface area contributed by atoms with Crippen molar-refractivity contribution in [1.29, 1.82) is 0 Å². The molecule has 1 amide bonds. The van der Waals surface area contributed by atoms with E-state index in [2.05, 4.69) is 26.5 Å². The number of aromatic nitrogens is 3. The molecule has 0 bridgehead atoms. The highest BCUT2D eigenvalue weighted by atomic mass is 32.1. The van der Waals surface area contributed by atoms with Gasteiger partial charge in [-0.15, -0.1) is 11.3 Å². The summed E-state index contributed by atoms with van der Waals surface area (Å²) in [6.07, 6.45) is 2.74. The largest absolute Gasteiger partial charge is 0.370 e. The number of rotatable bonds is 6. The Morgan fingerprint density at radius 2 is 2.04 bits per heavy atom. The van der Waals surface area contributed by atoms with Gasteiger partial charge in [-0.05, 0) is 48.6 Å². The summed E-state index contributed by atoms with van der Waals surface area (Å²) in [5.41, 5.74) is 1.97. The number of H-pyrrole nitrogens is 1. The second kappa shape index (κ2) is 8.06. The summed E-state index contributed by atoms with van der Waals surface area (Å²) in [5, 5.41) is 12.2.